The van der Waals surface area contributed by atoms with Crippen molar-refractivity contribution in [3.05, 3.63) is 41.2 Å². The molecule has 0 bridgehead atoms. The fraction of sp³-hybridized carbons (Fsp3) is 0.250. The molecule has 0 aliphatic rings. The Balaban J connectivity index is 2.13. The van der Waals surface area contributed by atoms with E-state index in [1.165, 1.54) is 18.4 Å². The molecule has 0 spiro atoms. The maximum Gasteiger partial charge on any atom is 0.191 e. The lowest BCUT2D eigenvalue weighted by Gasteiger charge is -2.05. The van der Waals surface area contributed by atoms with Crippen LogP contribution in [-0.2, 0) is 0 Å². The number of thiazole rings is 1. The Morgan fingerprint density at radius 3 is 2.57 bits per heavy atom. The second kappa shape index (κ2) is 5.41. The van der Waals surface area contributed by atoms with E-state index in [1.54, 1.807) is 12.1 Å². The number of benzene rings is 1. The molecule has 0 aliphatic carbocycles. The molecule has 0 atom stereocenters. The zero-order chi connectivity index (χ0) is 15.0. The lowest BCUT2D eigenvalue weighted by molar-refractivity contribution is 0.388. The van der Waals surface area contributed by atoms with Gasteiger partial charge in [0.25, 0.3) is 0 Å². The summed E-state index contributed by atoms with van der Waals surface area (Å²) in [6.07, 6.45) is 0. The lowest BCUT2D eigenvalue weighted by Crippen LogP contribution is -1.93. The summed E-state index contributed by atoms with van der Waals surface area (Å²) < 4.78 is 19.3. The minimum atomic E-state index is -0.433. The molecule has 108 valence electrons. The van der Waals surface area contributed by atoms with Crippen LogP contribution in [0.25, 0.3) is 21.6 Å². The standard InChI is InChI=1S/C16H15FN2OS/c1-9(2)12-8-21-16(19-12)11-6-4-10-5-7-13(20-3)14(17)15(10)18-11/h4-9H,1-3H3. The van der Waals surface area contributed by atoms with Crippen molar-refractivity contribution >= 4 is 22.2 Å². The van der Waals surface area contributed by atoms with Gasteiger partial charge in [0.1, 0.15) is 10.5 Å². The van der Waals surface area contributed by atoms with E-state index in [-0.39, 0.29) is 5.75 Å². The van der Waals surface area contributed by atoms with E-state index < -0.39 is 5.82 Å². The number of methoxy groups -OCH3 is 1. The van der Waals surface area contributed by atoms with Gasteiger partial charge >= 0.3 is 0 Å². The van der Waals surface area contributed by atoms with Crippen molar-refractivity contribution in [2.24, 2.45) is 0 Å². The summed E-state index contributed by atoms with van der Waals surface area (Å²) in [5.41, 5.74) is 2.03. The molecule has 0 amide bonds. The van der Waals surface area contributed by atoms with Crippen molar-refractivity contribution in [1.82, 2.24) is 9.97 Å². The average molecular weight is 302 g/mol. The van der Waals surface area contributed by atoms with E-state index in [4.69, 9.17) is 4.74 Å². The van der Waals surface area contributed by atoms with Gasteiger partial charge in [-0.25, -0.2) is 14.4 Å². The SMILES string of the molecule is COc1ccc2ccc(-c3nc(C(C)C)cs3)nc2c1F. The van der Waals surface area contributed by atoms with Crippen molar-refractivity contribution in [1.29, 1.82) is 0 Å². The maximum atomic E-state index is 14.3. The highest BCUT2D eigenvalue weighted by atomic mass is 32.1. The number of pyridine rings is 1. The highest BCUT2D eigenvalue weighted by Crippen LogP contribution is 2.30. The van der Waals surface area contributed by atoms with E-state index in [0.29, 0.717) is 17.1 Å². The van der Waals surface area contributed by atoms with Crippen molar-refractivity contribution in [2.75, 3.05) is 7.11 Å². The molecule has 0 N–H and O–H groups in total. The Bertz CT molecular complexity index is 798. The monoisotopic (exact) mass is 302 g/mol. The maximum absolute atomic E-state index is 14.3. The second-order valence-corrected chi connectivity index (χ2v) is 5.94. The Hall–Kier alpha value is -2.01. The molecule has 0 saturated heterocycles. The summed E-state index contributed by atoms with van der Waals surface area (Å²) in [7, 11) is 1.45. The summed E-state index contributed by atoms with van der Waals surface area (Å²) >= 11 is 1.53. The van der Waals surface area contributed by atoms with Gasteiger partial charge in [0.05, 0.1) is 18.5 Å². The molecule has 0 aliphatic heterocycles. The minimum Gasteiger partial charge on any atom is -0.494 e. The average Bonchev–Trinajstić information content (AvgIpc) is 2.97. The molecule has 0 unspecified atom stereocenters. The molecule has 3 nitrogen and oxygen atoms in total. The van der Waals surface area contributed by atoms with Crippen molar-refractivity contribution in [3.63, 3.8) is 0 Å². The van der Waals surface area contributed by atoms with Crippen LogP contribution in [0.1, 0.15) is 25.5 Å². The summed E-state index contributed by atoms with van der Waals surface area (Å²) in [5.74, 6) is 0.138. The number of hydrogen-bond acceptors (Lipinski definition) is 4. The van der Waals surface area contributed by atoms with Crippen molar-refractivity contribution in [2.45, 2.75) is 19.8 Å². The Kier molecular flexibility index (Phi) is 3.59. The third-order valence-electron chi connectivity index (χ3n) is 3.32. The molecule has 3 rings (SSSR count). The zero-order valence-electron chi connectivity index (χ0n) is 12.1. The molecule has 1 aromatic carbocycles. The van der Waals surface area contributed by atoms with E-state index in [2.05, 4.69) is 23.8 Å². The smallest absolute Gasteiger partial charge is 0.191 e. The largest absolute Gasteiger partial charge is 0.494 e. The van der Waals surface area contributed by atoms with Gasteiger partial charge in [-0.1, -0.05) is 19.9 Å². The number of halogens is 1. The molecule has 5 heteroatoms. The van der Waals surface area contributed by atoms with Gasteiger partial charge < -0.3 is 4.74 Å². The quantitative estimate of drug-likeness (QED) is 0.707. The number of hydrogen-bond donors (Lipinski definition) is 0. The number of aromatic nitrogens is 2. The molecule has 0 fully saturated rings. The van der Waals surface area contributed by atoms with Crippen LogP contribution in [0.15, 0.2) is 29.6 Å². The topological polar surface area (TPSA) is 35.0 Å². The molecular formula is C16H15FN2OS. The highest BCUT2D eigenvalue weighted by Gasteiger charge is 2.13. The van der Waals surface area contributed by atoms with Crippen LogP contribution in [0.3, 0.4) is 0 Å². The number of fused-ring (bicyclic) bond motifs is 1. The number of nitrogens with zero attached hydrogens (tertiary/aromatic N) is 2. The first-order chi connectivity index (χ1) is 10.1. The summed E-state index contributed by atoms with van der Waals surface area (Å²) in [6.45, 7) is 4.19. The molecule has 2 aromatic heterocycles. The van der Waals surface area contributed by atoms with E-state index in [1.807, 2.05) is 17.5 Å². The highest BCUT2D eigenvalue weighted by molar-refractivity contribution is 7.13. The van der Waals surface area contributed by atoms with Crippen molar-refractivity contribution < 1.29 is 9.13 Å². The molecule has 2 heterocycles. The summed E-state index contributed by atoms with van der Waals surface area (Å²) in [5, 5.41) is 3.58. The first-order valence-corrected chi connectivity index (χ1v) is 7.57. The predicted octanol–water partition coefficient (Wildman–Crippen LogP) is 4.63. The van der Waals surface area contributed by atoms with Crippen LogP contribution in [0, 0.1) is 5.82 Å². The number of rotatable bonds is 3. The summed E-state index contributed by atoms with van der Waals surface area (Å²) in [4.78, 5) is 8.98. The van der Waals surface area contributed by atoms with Crippen LogP contribution < -0.4 is 4.74 Å². The van der Waals surface area contributed by atoms with Gasteiger partial charge in [0, 0.05) is 10.8 Å². The molecule has 21 heavy (non-hydrogen) atoms. The van der Waals surface area contributed by atoms with Crippen LogP contribution in [0.4, 0.5) is 4.39 Å². The molecule has 0 radical (unpaired) electrons. The zero-order valence-corrected chi connectivity index (χ0v) is 12.9. The first-order valence-electron chi connectivity index (χ1n) is 6.69. The predicted molar refractivity (Wildman–Crippen MR) is 83.5 cm³/mol. The third kappa shape index (κ3) is 2.49. The van der Waals surface area contributed by atoms with E-state index in [9.17, 15) is 4.39 Å². The normalized spacial score (nSPS) is 11.3. The van der Waals surface area contributed by atoms with Crippen LogP contribution in [-0.4, -0.2) is 17.1 Å². The van der Waals surface area contributed by atoms with Gasteiger partial charge in [-0.05, 0) is 24.1 Å². The molecule has 3 aromatic rings. The Labute approximate surface area is 126 Å². The van der Waals surface area contributed by atoms with E-state index >= 15 is 0 Å². The molecule has 0 saturated carbocycles. The lowest BCUT2D eigenvalue weighted by atomic mass is 10.1. The Morgan fingerprint density at radius 1 is 1.14 bits per heavy atom. The van der Waals surface area contributed by atoms with Gasteiger partial charge in [-0.15, -0.1) is 11.3 Å². The first kappa shape index (κ1) is 13.9. The fourth-order valence-corrected chi connectivity index (χ4v) is 3.03. The fourth-order valence-electron chi connectivity index (χ4n) is 2.08. The summed E-state index contributed by atoms with van der Waals surface area (Å²) in [6, 6.07) is 7.14. The van der Waals surface area contributed by atoms with Crippen molar-refractivity contribution in [3.8, 4) is 16.5 Å². The molecular weight excluding hydrogens is 287 g/mol. The van der Waals surface area contributed by atoms with Gasteiger partial charge in [0.2, 0.25) is 0 Å². The number of ether oxygens (including phenoxy) is 1. The second-order valence-electron chi connectivity index (χ2n) is 5.08. The van der Waals surface area contributed by atoms with Crippen LogP contribution in [0.2, 0.25) is 0 Å². The minimum absolute atomic E-state index is 0.203. The van der Waals surface area contributed by atoms with Gasteiger partial charge in [-0.2, -0.15) is 0 Å². The van der Waals surface area contributed by atoms with Gasteiger partial charge in [-0.3, -0.25) is 0 Å². The van der Waals surface area contributed by atoms with Gasteiger partial charge in [0.15, 0.2) is 11.6 Å². The third-order valence-corrected chi connectivity index (χ3v) is 4.20. The van der Waals surface area contributed by atoms with Crippen LogP contribution in [0.5, 0.6) is 5.75 Å². The van der Waals surface area contributed by atoms with Crippen LogP contribution >= 0.6 is 11.3 Å². The Morgan fingerprint density at radius 2 is 1.90 bits per heavy atom. The van der Waals surface area contributed by atoms with E-state index in [0.717, 1.165) is 16.1 Å².